The Bertz CT molecular complexity index is 4160. The van der Waals surface area contributed by atoms with Crippen molar-refractivity contribution in [1.29, 1.82) is 0 Å². The van der Waals surface area contributed by atoms with Gasteiger partial charge in [0.05, 0.1) is 33.5 Å². The average Bonchev–Trinajstić information content (AvgIpc) is 4.10. The summed E-state index contributed by atoms with van der Waals surface area (Å²) >= 11 is 0. The molecule has 4 aromatic heterocycles. The maximum atomic E-state index is 6.48. The largest absolute Gasteiger partial charge is 0.456 e. The number of fused-ring (bicyclic) bond motifs is 9. The van der Waals surface area contributed by atoms with E-state index in [-0.39, 0.29) is 0 Å². The Labute approximate surface area is 404 Å². The summed E-state index contributed by atoms with van der Waals surface area (Å²) in [5.74, 6) is 0.594. The molecule has 6 heteroatoms. The summed E-state index contributed by atoms with van der Waals surface area (Å²) in [6, 6.07) is 91.9. The lowest BCUT2D eigenvalue weighted by Crippen LogP contribution is -2.74. The van der Waals surface area contributed by atoms with E-state index in [0.717, 1.165) is 71.9 Å². The van der Waals surface area contributed by atoms with Gasteiger partial charge in [-0.1, -0.05) is 200 Å². The van der Waals surface area contributed by atoms with Gasteiger partial charge in [0.1, 0.15) is 11.2 Å². The number of hydrogen-bond acceptors (Lipinski definition) is 3. The molecule has 0 bridgehead atoms. The van der Waals surface area contributed by atoms with Crippen molar-refractivity contribution in [2.75, 3.05) is 0 Å². The lowest BCUT2D eigenvalue weighted by molar-refractivity contribution is 0.669. The molecule has 328 valence electrons. The van der Waals surface area contributed by atoms with Crippen molar-refractivity contribution in [2.24, 2.45) is 0 Å². The Morgan fingerprint density at radius 2 is 0.814 bits per heavy atom. The van der Waals surface area contributed by atoms with Crippen LogP contribution in [0.15, 0.2) is 259 Å². The molecule has 0 aliphatic carbocycles. The molecule has 70 heavy (non-hydrogen) atoms. The summed E-state index contributed by atoms with van der Waals surface area (Å²) in [6.07, 6.45) is 0. The molecule has 10 aromatic carbocycles. The molecule has 0 N–H and O–H groups in total. The minimum absolute atomic E-state index is 0.594. The van der Waals surface area contributed by atoms with E-state index in [1.165, 1.54) is 42.6 Å². The van der Waals surface area contributed by atoms with Gasteiger partial charge < -0.3 is 8.98 Å². The first kappa shape index (κ1) is 40.0. The Hall–Kier alpha value is -9.10. The van der Waals surface area contributed by atoms with Crippen molar-refractivity contribution in [3.63, 3.8) is 0 Å². The number of aromatic nitrogens is 4. The van der Waals surface area contributed by atoms with Gasteiger partial charge in [-0.2, -0.15) is 0 Å². The highest BCUT2D eigenvalue weighted by Gasteiger charge is 2.41. The van der Waals surface area contributed by atoms with Crippen LogP contribution in [0.1, 0.15) is 0 Å². The molecule has 0 atom stereocenters. The molecule has 0 radical (unpaired) electrons. The molecule has 4 heterocycles. The van der Waals surface area contributed by atoms with E-state index in [9.17, 15) is 0 Å². The molecule has 14 rings (SSSR count). The summed E-state index contributed by atoms with van der Waals surface area (Å²) in [5.41, 5.74) is 10.8. The molecule has 0 unspecified atom stereocenters. The van der Waals surface area contributed by atoms with Crippen LogP contribution >= 0.6 is 0 Å². The van der Waals surface area contributed by atoms with Gasteiger partial charge in [-0.15, -0.1) is 0 Å². The normalized spacial score (nSPS) is 12.0. The van der Waals surface area contributed by atoms with Gasteiger partial charge in [-0.25, -0.2) is 9.97 Å². The Balaban J connectivity index is 1.04. The third-order valence-corrected chi connectivity index (χ3v) is 19.1. The predicted octanol–water partition coefficient (Wildman–Crippen LogP) is 13.3. The molecule has 5 nitrogen and oxygen atoms in total. The zero-order valence-electron chi connectivity index (χ0n) is 37.9. The number of benzene rings is 10. The van der Waals surface area contributed by atoms with E-state index in [4.69, 9.17) is 14.4 Å². The Kier molecular flexibility index (Phi) is 9.15. The van der Waals surface area contributed by atoms with Crippen LogP contribution in [-0.2, 0) is 0 Å². The van der Waals surface area contributed by atoms with E-state index in [1.807, 2.05) is 18.2 Å². The second-order valence-corrected chi connectivity index (χ2v) is 21.9. The lowest BCUT2D eigenvalue weighted by atomic mass is 10.0. The van der Waals surface area contributed by atoms with Crippen LogP contribution in [0.5, 0.6) is 0 Å². The molecule has 0 amide bonds. The number of nitrogens with zero attached hydrogens (tertiary/aromatic N) is 4. The Morgan fingerprint density at radius 1 is 0.329 bits per heavy atom. The molecule has 0 aliphatic heterocycles. The van der Waals surface area contributed by atoms with Crippen LogP contribution < -0.4 is 20.7 Å². The average molecular weight is 911 g/mol. The monoisotopic (exact) mass is 910 g/mol. The zero-order chi connectivity index (χ0) is 46.2. The fourth-order valence-corrected chi connectivity index (χ4v) is 16.1. The van der Waals surface area contributed by atoms with E-state index in [1.54, 1.807) is 0 Å². The highest BCUT2D eigenvalue weighted by molar-refractivity contribution is 7.19. The van der Waals surface area contributed by atoms with Crippen molar-refractivity contribution in [2.45, 2.75) is 0 Å². The molecule has 0 spiro atoms. The smallest absolute Gasteiger partial charge is 0.235 e. The topological polar surface area (TPSA) is 48.8 Å². The van der Waals surface area contributed by atoms with E-state index >= 15 is 0 Å². The minimum Gasteiger partial charge on any atom is -0.456 e. The highest BCUT2D eigenvalue weighted by Crippen LogP contribution is 2.40. The first-order valence-electron chi connectivity index (χ1n) is 23.8. The zero-order valence-corrected chi connectivity index (χ0v) is 38.9. The van der Waals surface area contributed by atoms with Crippen molar-refractivity contribution in [1.82, 2.24) is 19.1 Å². The van der Waals surface area contributed by atoms with E-state index in [0.29, 0.717) is 5.95 Å². The van der Waals surface area contributed by atoms with Gasteiger partial charge in [0.2, 0.25) is 5.95 Å². The molecule has 0 aliphatic rings. The third-order valence-electron chi connectivity index (χ3n) is 14.3. The van der Waals surface area contributed by atoms with Crippen LogP contribution in [0.4, 0.5) is 0 Å². The first-order valence-corrected chi connectivity index (χ1v) is 25.8. The maximum absolute atomic E-state index is 6.48. The molecule has 0 fully saturated rings. The van der Waals surface area contributed by atoms with Crippen LogP contribution in [0.2, 0.25) is 0 Å². The fraction of sp³-hybridized carbons (Fsp3) is 0. The van der Waals surface area contributed by atoms with Crippen LogP contribution in [0, 0.1) is 0 Å². The number of hydrogen-bond donors (Lipinski definition) is 0. The van der Waals surface area contributed by atoms with Crippen LogP contribution in [0.25, 0.3) is 99.7 Å². The van der Waals surface area contributed by atoms with Crippen molar-refractivity contribution in [3.8, 4) is 34.2 Å². The standard InChI is InChI=1S/C64H42N4OSi/c1-4-21-45(22-5-1)70(46-23-6-2-7-24-46,47-25-8-3-9-26-47)48-27-18-20-43(40-48)55-42-56(52-32-19-37-62-63(52)53-31-13-17-36-61(53)69-62)66-64(65-55)68-59-35-16-12-30-51(59)54-41-44(38-39-60(54)68)67-57-33-14-10-28-49(57)50-29-11-15-34-58(50)67/h1-42H. The molecule has 0 saturated carbocycles. The molecular formula is C64H42N4OSi. The second kappa shape index (κ2) is 16.0. The highest BCUT2D eigenvalue weighted by atomic mass is 28.3. The SMILES string of the molecule is c1ccc([Si](c2ccccc2)(c2ccccc2)c2cccc(-c3cc(-c4cccc5oc6ccccc6c45)nc(-n4c5ccccc5c5cc(-n6c7ccccc7c7ccccc76)ccc54)n3)c2)cc1. The molecule has 14 aromatic rings. The third kappa shape index (κ3) is 6.10. The van der Waals surface area contributed by atoms with Gasteiger partial charge in [-0.3, -0.25) is 4.57 Å². The quantitative estimate of drug-likeness (QED) is 0.113. The number of para-hydroxylation sites is 4. The summed E-state index contributed by atoms with van der Waals surface area (Å²) in [4.78, 5) is 11.2. The van der Waals surface area contributed by atoms with Gasteiger partial charge in [0.25, 0.3) is 0 Å². The van der Waals surface area contributed by atoms with Gasteiger partial charge in [0, 0.05) is 49.1 Å². The van der Waals surface area contributed by atoms with Gasteiger partial charge >= 0.3 is 0 Å². The van der Waals surface area contributed by atoms with E-state index in [2.05, 4.69) is 246 Å². The second-order valence-electron chi connectivity index (χ2n) is 18.1. The van der Waals surface area contributed by atoms with E-state index < -0.39 is 8.07 Å². The van der Waals surface area contributed by atoms with Crippen molar-refractivity contribution >= 4 is 94.4 Å². The molecule has 0 saturated heterocycles. The fourth-order valence-electron chi connectivity index (χ4n) is 11.3. The van der Waals surface area contributed by atoms with Crippen molar-refractivity contribution < 1.29 is 4.42 Å². The number of furan rings is 1. The maximum Gasteiger partial charge on any atom is 0.235 e. The summed E-state index contributed by atoms with van der Waals surface area (Å²) in [6.45, 7) is 0. The minimum atomic E-state index is -2.86. The van der Waals surface area contributed by atoms with Crippen LogP contribution in [-0.4, -0.2) is 27.2 Å². The summed E-state index contributed by atoms with van der Waals surface area (Å²) in [5, 5.41) is 12.0. The first-order chi connectivity index (χ1) is 34.7. The lowest BCUT2D eigenvalue weighted by Gasteiger charge is -2.34. The van der Waals surface area contributed by atoms with Crippen molar-refractivity contribution in [3.05, 3.63) is 255 Å². The summed E-state index contributed by atoms with van der Waals surface area (Å²) in [7, 11) is -2.86. The Morgan fingerprint density at radius 3 is 1.46 bits per heavy atom. The summed E-state index contributed by atoms with van der Waals surface area (Å²) < 4.78 is 11.1. The predicted molar refractivity (Wildman–Crippen MR) is 292 cm³/mol. The van der Waals surface area contributed by atoms with Crippen LogP contribution in [0.3, 0.4) is 0 Å². The number of rotatable bonds is 8. The van der Waals surface area contributed by atoms with Gasteiger partial charge in [-0.05, 0) is 75.3 Å². The van der Waals surface area contributed by atoms with Gasteiger partial charge in [0.15, 0.2) is 8.07 Å². The molecular weight excluding hydrogens is 869 g/mol.